The summed E-state index contributed by atoms with van der Waals surface area (Å²) in [6, 6.07) is 3.48. The predicted molar refractivity (Wildman–Crippen MR) is 86.1 cm³/mol. The summed E-state index contributed by atoms with van der Waals surface area (Å²) in [5.74, 6) is -1.52. The normalized spacial score (nSPS) is 14.9. The minimum absolute atomic E-state index is 0.0878. The van der Waals surface area contributed by atoms with Crippen LogP contribution < -0.4 is 10.6 Å². The van der Waals surface area contributed by atoms with Gasteiger partial charge in [0.2, 0.25) is 0 Å². The van der Waals surface area contributed by atoms with Crippen molar-refractivity contribution < 1.29 is 18.7 Å². The van der Waals surface area contributed by atoms with Gasteiger partial charge in [-0.2, -0.15) is 0 Å². The van der Waals surface area contributed by atoms with E-state index in [1.807, 2.05) is 13.8 Å². The molecule has 2 amide bonds. The van der Waals surface area contributed by atoms with Crippen LogP contribution in [0, 0.1) is 17.6 Å². The summed E-state index contributed by atoms with van der Waals surface area (Å²) in [4.78, 5) is 11.8. The largest absolute Gasteiger partial charge is 0.393 e. The number of hydrogen-bond acceptors (Lipinski definition) is 2. The predicted octanol–water partition coefficient (Wildman–Crippen LogP) is 2.99. The number of carbonyl (C=O) groups excluding carboxylic acids is 1. The van der Waals surface area contributed by atoms with Crippen molar-refractivity contribution in [3.63, 3.8) is 0 Å². The molecule has 0 saturated carbocycles. The maximum absolute atomic E-state index is 13.1. The summed E-state index contributed by atoms with van der Waals surface area (Å²) in [6.07, 6.45) is 1.43. The average Bonchev–Trinajstić information content (AvgIpc) is 2.46. The molecule has 1 rings (SSSR count). The summed E-state index contributed by atoms with van der Waals surface area (Å²) in [6.45, 7) is 6.03. The van der Waals surface area contributed by atoms with E-state index in [0.29, 0.717) is 31.4 Å². The van der Waals surface area contributed by atoms with Gasteiger partial charge in [0.25, 0.3) is 0 Å². The highest BCUT2D eigenvalue weighted by Crippen LogP contribution is 2.11. The maximum Gasteiger partial charge on any atom is 0.315 e. The quantitative estimate of drug-likeness (QED) is 0.687. The monoisotopic (exact) mass is 328 g/mol. The number of hydrogen-bond donors (Lipinski definition) is 3. The Morgan fingerprint density at radius 2 is 1.91 bits per heavy atom. The van der Waals surface area contributed by atoms with Gasteiger partial charge in [-0.1, -0.05) is 13.0 Å². The smallest absolute Gasteiger partial charge is 0.315 e. The van der Waals surface area contributed by atoms with Crippen molar-refractivity contribution in [2.45, 2.75) is 52.2 Å². The molecule has 3 N–H and O–H groups in total. The van der Waals surface area contributed by atoms with E-state index in [-0.39, 0.29) is 24.1 Å². The molecule has 0 aromatic heterocycles. The number of urea groups is 1. The van der Waals surface area contributed by atoms with Gasteiger partial charge >= 0.3 is 6.03 Å². The van der Waals surface area contributed by atoms with Gasteiger partial charge in [-0.05, 0) is 56.7 Å². The van der Waals surface area contributed by atoms with Crippen LogP contribution in [0.4, 0.5) is 13.6 Å². The van der Waals surface area contributed by atoms with Gasteiger partial charge in [0, 0.05) is 12.6 Å². The summed E-state index contributed by atoms with van der Waals surface area (Å²) in [5, 5.41) is 14.8. The summed E-state index contributed by atoms with van der Waals surface area (Å²) < 4.78 is 26.0. The van der Waals surface area contributed by atoms with E-state index >= 15 is 0 Å². The lowest BCUT2D eigenvalue weighted by Crippen LogP contribution is -2.42. The molecule has 0 saturated heterocycles. The molecule has 0 fully saturated rings. The first-order valence-corrected chi connectivity index (χ1v) is 7.94. The Labute approximate surface area is 136 Å². The van der Waals surface area contributed by atoms with E-state index in [4.69, 9.17) is 0 Å². The van der Waals surface area contributed by atoms with Crippen LogP contribution in [-0.4, -0.2) is 29.8 Å². The third kappa shape index (κ3) is 7.93. The van der Waals surface area contributed by atoms with Crippen molar-refractivity contribution in [2.24, 2.45) is 5.92 Å². The highest BCUT2D eigenvalue weighted by atomic mass is 19.2. The van der Waals surface area contributed by atoms with Crippen molar-refractivity contribution in [1.82, 2.24) is 10.6 Å². The summed E-state index contributed by atoms with van der Waals surface area (Å²) in [7, 11) is 0. The number of amides is 2. The number of halogens is 2. The summed E-state index contributed by atoms with van der Waals surface area (Å²) in [5.41, 5.74) is 0.698. The first kappa shape index (κ1) is 19.4. The molecule has 0 spiro atoms. The number of rotatable bonds is 8. The van der Waals surface area contributed by atoms with Crippen LogP contribution in [0.1, 0.15) is 39.2 Å². The molecule has 3 unspecified atom stereocenters. The first-order valence-electron chi connectivity index (χ1n) is 7.94. The minimum atomic E-state index is -0.856. The van der Waals surface area contributed by atoms with Crippen LogP contribution in [0.3, 0.4) is 0 Å². The van der Waals surface area contributed by atoms with Gasteiger partial charge in [-0.25, -0.2) is 13.6 Å². The van der Waals surface area contributed by atoms with E-state index in [1.165, 1.54) is 6.07 Å². The molecule has 4 nitrogen and oxygen atoms in total. The topological polar surface area (TPSA) is 61.4 Å². The highest BCUT2D eigenvalue weighted by molar-refractivity contribution is 5.74. The van der Waals surface area contributed by atoms with Crippen molar-refractivity contribution >= 4 is 6.03 Å². The van der Waals surface area contributed by atoms with Crippen LogP contribution in [0.25, 0.3) is 0 Å². The van der Waals surface area contributed by atoms with Crippen LogP contribution >= 0.6 is 0 Å². The molecule has 23 heavy (non-hydrogen) atoms. The lowest BCUT2D eigenvalue weighted by Gasteiger charge is -2.17. The molecule has 130 valence electrons. The highest BCUT2D eigenvalue weighted by Gasteiger charge is 2.11. The van der Waals surface area contributed by atoms with Crippen molar-refractivity contribution in [2.75, 3.05) is 6.54 Å². The van der Waals surface area contributed by atoms with E-state index in [9.17, 15) is 18.7 Å². The van der Waals surface area contributed by atoms with E-state index in [2.05, 4.69) is 10.6 Å². The van der Waals surface area contributed by atoms with Gasteiger partial charge in [0.1, 0.15) is 0 Å². The number of aliphatic hydroxyl groups is 1. The van der Waals surface area contributed by atoms with Gasteiger partial charge < -0.3 is 15.7 Å². The molecular formula is C17H26F2N2O2. The SMILES string of the molecule is CC(O)CC(C)CNC(=O)NC(C)CCc1ccc(F)c(F)c1. The van der Waals surface area contributed by atoms with Crippen LogP contribution in [0.15, 0.2) is 18.2 Å². The van der Waals surface area contributed by atoms with Crippen LogP contribution in [0.2, 0.25) is 0 Å². The molecule has 6 heteroatoms. The first-order chi connectivity index (χ1) is 10.8. The molecule has 1 aromatic rings. The fraction of sp³-hybridized carbons (Fsp3) is 0.588. The zero-order valence-electron chi connectivity index (χ0n) is 13.9. The third-order valence-electron chi connectivity index (χ3n) is 3.58. The molecule has 1 aromatic carbocycles. The lowest BCUT2D eigenvalue weighted by molar-refractivity contribution is 0.163. The van der Waals surface area contributed by atoms with Gasteiger partial charge in [0.05, 0.1) is 6.10 Å². The molecule has 0 heterocycles. The van der Waals surface area contributed by atoms with E-state index < -0.39 is 11.6 Å². The average molecular weight is 328 g/mol. The Kier molecular flexibility index (Phi) is 7.95. The molecule has 0 bridgehead atoms. The third-order valence-corrected chi connectivity index (χ3v) is 3.58. The van der Waals surface area contributed by atoms with Crippen molar-refractivity contribution in [3.05, 3.63) is 35.4 Å². The Hall–Kier alpha value is -1.69. The second kappa shape index (κ2) is 9.45. The van der Waals surface area contributed by atoms with Crippen molar-refractivity contribution in [1.29, 1.82) is 0 Å². The Bertz CT molecular complexity index is 509. The number of benzene rings is 1. The fourth-order valence-electron chi connectivity index (χ4n) is 2.36. The summed E-state index contributed by atoms with van der Waals surface area (Å²) >= 11 is 0. The van der Waals surface area contributed by atoms with Crippen LogP contribution in [0.5, 0.6) is 0 Å². The van der Waals surface area contributed by atoms with Gasteiger partial charge in [-0.3, -0.25) is 0 Å². The van der Waals surface area contributed by atoms with Gasteiger partial charge in [-0.15, -0.1) is 0 Å². The van der Waals surface area contributed by atoms with Gasteiger partial charge in [0.15, 0.2) is 11.6 Å². The standard InChI is InChI=1S/C17H26F2N2O2/c1-11(8-13(3)22)10-20-17(23)21-12(2)4-5-14-6-7-15(18)16(19)9-14/h6-7,9,11-13,22H,4-5,8,10H2,1-3H3,(H2,20,21,23). The number of aliphatic hydroxyl groups excluding tert-OH is 1. The van der Waals surface area contributed by atoms with E-state index in [0.717, 1.165) is 6.07 Å². The zero-order chi connectivity index (χ0) is 17.4. The van der Waals surface area contributed by atoms with Crippen molar-refractivity contribution in [3.8, 4) is 0 Å². The Morgan fingerprint density at radius 3 is 2.52 bits per heavy atom. The molecule has 0 aliphatic rings. The second-order valence-electron chi connectivity index (χ2n) is 6.23. The molecular weight excluding hydrogens is 302 g/mol. The number of aryl methyl sites for hydroxylation is 1. The molecule has 0 aliphatic heterocycles. The number of nitrogens with one attached hydrogen (secondary N) is 2. The Morgan fingerprint density at radius 1 is 1.22 bits per heavy atom. The Balaban J connectivity index is 2.28. The molecule has 0 radical (unpaired) electrons. The van der Waals surface area contributed by atoms with E-state index in [1.54, 1.807) is 13.0 Å². The second-order valence-corrected chi connectivity index (χ2v) is 6.23. The minimum Gasteiger partial charge on any atom is -0.393 e. The lowest BCUT2D eigenvalue weighted by atomic mass is 10.0. The molecule has 3 atom stereocenters. The molecule has 0 aliphatic carbocycles. The fourth-order valence-corrected chi connectivity index (χ4v) is 2.36. The number of carbonyl (C=O) groups is 1. The van der Waals surface area contributed by atoms with Crippen LogP contribution in [-0.2, 0) is 6.42 Å². The zero-order valence-corrected chi connectivity index (χ0v) is 13.9. The maximum atomic E-state index is 13.1.